The van der Waals surface area contributed by atoms with Crippen molar-refractivity contribution in [2.75, 3.05) is 20.3 Å². The molecule has 0 unspecified atom stereocenters. The second kappa shape index (κ2) is 13.8. The Hall–Kier alpha value is -1.01. The summed E-state index contributed by atoms with van der Waals surface area (Å²) in [7, 11) is -3.64. The van der Waals surface area contributed by atoms with E-state index >= 15 is 0 Å². The highest BCUT2D eigenvalue weighted by atomic mass is 32.3. The van der Waals surface area contributed by atoms with Gasteiger partial charge < -0.3 is 44.8 Å². The van der Waals surface area contributed by atoms with Crippen molar-refractivity contribution in [3.63, 3.8) is 0 Å². The normalized spacial score (nSPS) is 47.7. The lowest BCUT2D eigenvalue weighted by molar-refractivity contribution is -0.285. The molecule has 3 saturated carbocycles. The van der Waals surface area contributed by atoms with Gasteiger partial charge in [-0.25, -0.2) is 4.18 Å². The first kappa shape index (κ1) is 38.2. The Kier molecular flexibility index (Phi) is 11.0. The molecule has 0 aromatic heterocycles. The van der Waals surface area contributed by atoms with Crippen molar-refractivity contribution in [3.05, 3.63) is 23.8 Å². The highest BCUT2D eigenvalue weighted by molar-refractivity contribution is 7.80. The number of methoxy groups -OCH3 is 1. The van der Waals surface area contributed by atoms with Crippen LogP contribution in [0.15, 0.2) is 23.8 Å². The van der Waals surface area contributed by atoms with E-state index in [0.29, 0.717) is 31.3 Å². The molecule has 0 bridgehead atoms. The molecule has 276 valence electrons. The number of hydrogen-bond acceptors (Lipinski definition) is 12. The van der Waals surface area contributed by atoms with Crippen LogP contribution in [0.3, 0.4) is 0 Å². The summed E-state index contributed by atoms with van der Waals surface area (Å²) in [5.74, 6) is -2.21. The largest absolute Gasteiger partial charge is 0.397 e. The molecule has 7 N–H and O–H groups in total. The van der Waals surface area contributed by atoms with Gasteiger partial charge in [-0.2, -0.15) is 8.42 Å². The Labute approximate surface area is 283 Å². The van der Waals surface area contributed by atoms with Crippen molar-refractivity contribution in [1.82, 2.24) is 0 Å². The van der Waals surface area contributed by atoms with Crippen molar-refractivity contribution in [2.45, 2.75) is 121 Å². The van der Waals surface area contributed by atoms with E-state index < -0.39 is 93.6 Å². The zero-order valence-electron chi connectivity index (χ0n) is 28.8. The molecule has 13 nitrogen and oxygen atoms in total. The highest BCUT2D eigenvalue weighted by Gasteiger charge is 2.73. The molecule has 16 atom stereocenters. The molecule has 1 aliphatic heterocycles. The lowest BCUT2D eigenvalue weighted by Crippen LogP contribution is -2.66. The highest BCUT2D eigenvalue weighted by Crippen LogP contribution is 2.69. The minimum absolute atomic E-state index is 0.0478. The average molecular weight is 705 g/mol. The van der Waals surface area contributed by atoms with Gasteiger partial charge in [-0.3, -0.25) is 4.55 Å². The predicted octanol–water partition coefficient (Wildman–Crippen LogP) is 1.35. The van der Waals surface area contributed by atoms with Crippen LogP contribution in [-0.4, -0.2) is 119 Å². The molecule has 0 aromatic carbocycles. The number of aliphatic hydroxyl groups is 6. The SMILES string of the molecule is CO[C@@H]1[C@H](O[C@@H]2C=C3[C@H](O)C[C@@]4(O)[C@@H]5[C@@H](OS(=O)(=O)O)[C@H](O)[C@H]([C@H](C)/C=C/[C@H](CO)C(C)C)[C@@]5(C)CC[C@@H]4[C@@]3(C)CC2)OC[C@@H](O)[C@@H]1O. The molecule has 5 aliphatic rings. The van der Waals surface area contributed by atoms with E-state index in [4.69, 9.17) is 18.4 Å². The minimum Gasteiger partial charge on any atom is -0.396 e. The topological polar surface area (TPSA) is 213 Å². The molecule has 14 heteroatoms. The number of aliphatic hydroxyl groups excluding tert-OH is 5. The van der Waals surface area contributed by atoms with Gasteiger partial charge in [0.05, 0.1) is 30.5 Å². The summed E-state index contributed by atoms with van der Waals surface area (Å²) in [6.07, 6.45) is -1.10. The number of hydrogen-bond donors (Lipinski definition) is 7. The van der Waals surface area contributed by atoms with Crippen LogP contribution in [0.2, 0.25) is 0 Å². The molecule has 48 heavy (non-hydrogen) atoms. The minimum atomic E-state index is -5.03. The molecule has 4 aliphatic carbocycles. The summed E-state index contributed by atoms with van der Waals surface area (Å²) in [4.78, 5) is 0. The predicted molar refractivity (Wildman–Crippen MR) is 172 cm³/mol. The molecule has 0 spiro atoms. The molecule has 0 radical (unpaired) electrons. The summed E-state index contributed by atoms with van der Waals surface area (Å²) in [6, 6.07) is 0. The van der Waals surface area contributed by atoms with E-state index in [1.165, 1.54) is 7.11 Å². The second-order valence-corrected chi connectivity index (χ2v) is 16.9. The fraction of sp³-hybridized carbons (Fsp3) is 0.882. The van der Waals surface area contributed by atoms with Crippen molar-refractivity contribution in [1.29, 1.82) is 0 Å². The first-order valence-corrected chi connectivity index (χ1v) is 18.6. The van der Waals surface area contributed by atoms with Gasteiger partial charge in [0, 0.05) is 32.0 Å². The van der Waals surface area contributed by atoms with E-state index in [1.807, 2.05) is 52.8 Å². The van der Waals surface area contributed by atoms with Crippen molar-refractivity contribution in [2.24, 2.45) is 46.3 Å². The second-order valence-electron chi connectivity index (χ2n) is 15.8. The van der Waals surface area contributed by atoms with E-state index in [1.54, 1.807) is 0 Å². The van der Waals surface area contributed by atoms with Gasteiger partial charge in [-0.05, 0) is 65.8 Å². The third-order valence-electron chi connectivity index (χ3n) is 12.8. The van der Waals surface area contributed by atoms with Crippen LogP contribution in [0.25, 0.3) is 0 Å². The summed E-state index contributed by atoms with van der Waals surface area (Å²) in [5.41, 5.74) is -2.54. The third-order valence-corrected chi connectivity index (χ3v) is 13.2. The van der Waals surface area contributed by atoms with Crippen molar-refractivity contribution in [3.8, 4) is 0 Å². The maximum absolute atomic E-state index is 12.8. The Morgan fingerprint density at radius 1 is 1.04 bits per heavy atom. The third kappa shape index (κ3) is 6.58. The molecule has 5 rings (SSSR count). The lowest BCUT2D eigenvalue weighted by Gasteiger charge is -2.64. The Balaban J connectivity index is 1.47. The monoisotopic (exact) mass is 704 g/mol. The van der Waals surface area contributed by atoms with E-state index in [-0.39, 0.29) is 37.4 Å². The lowest BCUT2D eigenvalue weighted by atomic mass is 9.43. The van der Waals surface area contributed by atoms with E-state index in [9.17, 15) is 43.6 Å². The van der Waals surface area contributed by atoms with Crippen LogP contribution >= 0.6 is 0 Å². The maximum atomic E-state index is 12.8. The van der Waals surface area contributed by atoms with Crippen LogP contribution < -0.4 is 0 Å². The first-order chi connectivity index (χ1) is 22.3. The van der Waals surface area contributed by atoms with Gasteiger partial charge >= 0.3 is 10.4 Å². The Morgan fingerprint density at radius 3 is 2.33 bits per heavy atom. The van der Waals surface area contributed by atoms with Crippen LogP contribution in [0.5, 0.6) is 0 Å². The van der Waals surface area contributed by atoms with Gasteiger partial charge in [0.2, 0.25) is 0 Å². The maximum Gasteiger partial charge on any atom is 0.397 e. The molecule has 4 fully saturated rings. The van der Waals surface area contributed by atoms with Crippen LogP contribution in [0.1, 0.15) is 66.7 Å². The standard InChI is InChI=1S/C34H56O13S/c1-17(2)19(15-35)8-7-18(3)25-27(39)28(47-48(41,42)43)30-33(25,5)12-10-24-32(4)11-9-20(13-21(32)22(36)14-34(24,30)40)46-31-29(44-6)26(38)23(37)16-45-31/h7-8,13,17-20,22-31,35-40H,9-12,14-16H2,1-6H3,(H,41,42,43)/b8-7+/t18-,19-,20+,22-,23-,24-,25+,26+,27-,28+,29+,30-,31+,32+,33-,34+/m1/s1. The Bertz CT molecular complexity index is 1320. The smallest absolute Gasteiger partial charge is 0.396 e. The molecular weight excluding hydrogens is 648 g/mol. The summed E-state index contributed by atoms with van der Waals surface area (Å²) in [5, 5.41) is 66.7. The van der Waals surface area contributed by atoms with E-state index in [2.05, 4.69) is 0 Å². The zero-order valence-corrected chi connectivity index (χ0v) is 29.6. The average Bonchev–Trinajstić information content (AvgIpc) is 3.20. The summed E-state index contributed by atoms with van der Waals surface area (Å²) in [6.45, 7) is 9.65. The quantitative estimate of drug-likeness (QED) is 0.127. The fourth-order valence-electron chi connectivity index (χ4n) is 10.5. The molecular formula is C34H56O13S. The van der Waals surface area contributed by atoms with Gasteiger partial charge in [0.25, 0.3) is 0 Å². The molecule has 1 saturated heterocycles. The zero-order chi connectivity index (χ0) is 35.6. The summed E-state index contributed by atoms with van der Waals surface area (Å²) >= 11 is 0. The molecule has 0 amide bonds. The molecule has 0 aromatic rings. The van der Waals surface area contributed by atoms with E-state index in [0.717, 1.165) is 0 Å². The number of ether oxygens (including phenoxy) is 3. The number of allylic oxidation sites excluding steroid dienone is 1. The number of rotatable bonds is 10. The fourth-order valence-corrected chi connectivity index (χ4v) is 11.0. The number of fused-ring (bicyclic) bond motifs is 5. The van der Waals surface area contributed by atoms with Gasteiger partial charge in [0.1, 0.15) is 24.4 Å². The van der Waals surface area contributed by atoms with Crippen molar-refractivity contribution >= 4 is 10.4 Å². The van der Waals surface area contributed by atoms with Gasteiger partial charge in [-0.15, -0.1) is 0 Å². The Morgan fingerprint density at radius 2 is 1.73 bits per heavy atom. The first-order valence-electron chi connectivity index (χ1n) is 17.2. The van der Waals surface area contributed by atoms with Crippen molar-refractivity contribution < 1.29 is 62.0 Å². The van der Waals surface area contributed by atoms with Crippen LogP contribution in [0.4, 0.5) is 0 Å². The van der Waals surface area contributed by atoms with Gasteiger partial charge in [-0.1, -0.05) is 52.8 Å². The van der Waals surface area contributed by atoms with Crippen LogP contribution in [-0.2, 0) is 28.8 Å². The summed E-state index contributed by atoms with van der Waals surface area (Å²) < 4.78 is 56.7. The van der Waals surface area contributed by atoms with Crippen LogP contribution in [0, 0.1) is 46.3 Å². The van der Waals surface area contributed by atoms with Gasteiger partial charge in [0.15, 0.2) is 6.29 Å². The molecule has 1 heterocycles.